The Labute approximate surface area is 180 Å². The van der Waals surface area contributed by atoms with Gasteiger partial charge in [0, 0.05) is 31.8 Å². The average molecular weight is 436 g/mol. The number of hydrogen-bond donors (Lipinski definition) is 3. The van der Waals surface area contributed by atoms with E-state index in [9.17, 15) is 5.11 Å². The van der Waals surface area contributed by atoms with E-state index in [4.69, 9.17) is 19.1 Å². The lowest BCUT2D eigenvalue weighted by atomic mass is 9.86. The fourth-order valence-electron chi connectivity index (χ4n) is 2.52. The lowest BCUT2D eigenvalue weighted by Gasteiger charge is -2.26. The SMILES string of the molecule is CCC(C)(CC)COCCCOP(C)NCCCCCCO/C(O)=C/C(C)CO. The molecule has 0 aromatic rings. The van der Waals surface area contributed by atoms with Crippen molar-refractivity contribution in [3.63, 3.8) is 0 Å². The van der Waals surface area contributed by atoms with E-state index in [-0.39, 0.29) is 18.5 Å². The largest absolute Gasteiger partial charge is 0.481 e. The summed E-state index contributed by atoms with van der Waals surface area (Å²) in [6.07, 6.45) is 8.99. The fraction of sp³-hybridized carbons (Fsp3) is 0.909. The van der Waals surface area contributed by atoms with E-state index >= 15 is 0 Å². The zero-order valence-electron chi connectivity index (χ0n) is 19.4. The highest BCUT2D eigenvalue weighted by Crippen LogP contribution is 2.27. The van der Waals surface area contributed by atoms with E-state index in [1.165, 1.54) is 6.08 Å². The molecule has 3 N–H and O–H groups in total. The quantitative estimate of drug-likeness (QED) is 0.135. The second-order valence-electron chi connectivity index (χ2n) is 8.09. The highest BCUT2D eigenvalue weighted by molar-refractivity contribution is 7.49. The van der Waals surface area contributed by atoms with Crippen LogP contribution in [0.2, 0.25) is 0 Å². The minimum Gasteiger partial charge on any atom is -0.481 e. The van der Waals surface area contributed by atoms with Crippen LogP contribution in [0.5, 0.6) is 0 Å². The Morgan fingerprint density at radius 2 is 1.76 bits per heavy atom. The molecular weight excluding hydrogens is 389 g/mol. The molecule has 0 aliphatic heterocycles. The molecule has 0 rings (SSSR count). The van der Waals surface area contributed by atoms with Gasteiger partial charge in [-0.2, -0.15) is 0 Å². The minimum absolute atomic E-state index is 0.00921. The normalized spacial score (nSPS) is 14.8. The summed E-state index contributed by atoms with van der Waals surface area (Å²) in [7, 11) is -0.568. The van der Waals surface area contributed by atoms with Crippen LogP contribution >= 0.6 is 8.30 Å². The highest BCUT2D eigenvalue weighted by atomic mass is 31.2. The molecular formula is C22H46NO5P. The maximum absolute atomic E-state index is 9.53. The van der Waals surface area contributed by atoms with Crippen molar-refractivity contribution >= 4 is 8.30 Å². The first-order valence-corrected chi connectivity index (χ1v) is 12.9. The summed E-state index contributed by atoms with van der Waals surface area (Å²) in [6, 6.07) is 0. The third-order valence-electron chi connectivity index (χ3n) is 5.25. The molecule has 0 aromatic carbocycles. The molecule has 2 atom stereocenters. The van der Waals surface area contributed by atoms with Crippen molar-refractivity contribution in [1.82, 2.24) is 5.09 Å². The second-order valence-corrected chi connectivity index (χ2v) is 9.66. The molecule has 0 aliphatic rings. The highest BCUT2D eigenvalue weighted by Gasteiger charge is 2.19. The molecule has 7 heteroatoms. The zero-order valence-corrected chi connectivity index (χ0v) is 20.3. The monoisotopic (exact) mass is 435 g/mol. The predicted octanol–water partition coefficient (Wildman–Crippen LogP) is 5.37. The van der Waals surface area contributed by atoms with Crippen LogP contribution in [-0.2, 0) is 14.0 Å². The Hall–Kier alpha value is -0.390. The molecule has 0 saturated heterocycles. The molecule has 6 nitrogen and oxygen atoms in total. The minimum atomic E-state index is -0.568. The van der Waals surface area contributed by atoms with Crippen molar-refractivity contribution in [2.75, 3.05) is 46.2 Å². The van der Waals surface area contributed by atoms with E-state index in [0.717, 1.165) is 71.3 Å². The molecule has 0 aromatic heterocycles. The Bertz CT molecular complexity index is 405. The predicted molar refractivity (Wildman–Crippen MR) is 122 cm³/mol. The molecule has 0 amide bonds. The molecule has 0 fully saturated rings. The van der Waals surface area contributed by atoms with Gasteiger partial charge in [0.05, 0.1) is 28.1 Å². The van der Waals surface area contributed by atoms with Gasteiger partial charge in [0.1, 0.15) is 0 Å². The van der Waals surface area contributed by atoms with Crippen molar-refractivity contribution in [2.24, 2.45) is 11.3 Å². The number of aliphatic hydroxyl groups excluding tert-OH is 2. The molecule has 0 heterocycles. The molecule has 174 valence electrons. The van der Waals surface area contributed by atoms with Crippen molar-refractivity contribution in [3.05, 3.63) is 12.0 Å². The molecule has 2 unspecified atom stereocenters. The number of rotatable bonds is 20. The van der Waals surface area contributed by atoms with Gasteiger partial charge in [-0.05, 0) is 44.2 Å². The van der Waals surface area contributed by atoms with Gasteiger partial charge >= 0.3 is 0 Å². The van der Waals surface area contributed by atoms with Crippen LogP contribution in [0.3, 0.4) is 0 Å². The van der Waals surface area contributed by atoms with Gasteiger partial charge in [0.25, 0.3) is 5.95 Å². The number of aliphatic hydroxyl groups is 2. The van der Waals surface area contributed by atoms with Crippen molar-refractivity contribution in [2.45, 2.75) is 72.6 Å². The van der Waals surface area contributed by atoms with E-state index < -0.39 is 8.30 Å². The summed E-state index contributed by atoms with van der Waals surface area (Å²) < 4.78 is 16.9. The zero-order chi connectivity index (χ0) is 22.0. The molecule has 0 aliphatic carbocycles. The molecule has 0 radical (unpaired) electrons. The van der Waals surface area contributed by atoms with Crippen LogP contribution in [0.1, 0.15) is 72.6 Å². The number of unbranched alkanes of at least 4 members (excludes halogenated alkanes) is 3. The Balaban J connectivity index is 3.46. The van der Waals surface area contributed by atoms with Crippen LogP contribution in [-0.4, -0.2) is 56.5 Å². The number of nitrogens with one attached hydrogen (secondary N) is 1. The van der Waals surface area contributed by atoms with Crippen molar-refractivity contribution < 1.29 is 24.2 Å². The summed E-state index contributed by atoms with van der Waals surface area (Å²) in [5.74, 6) is -0.171. The van der Waals surface area contributed by atoms with Gasteiger partial charge in [0.2, 0.25) is 0 Å². The third-order valence-corrected chi connectivity index (χ3v) is 6.48. The van der Waals surface area contributed by atoms with Crippen LogP contribution in [0.4, 0.5) is 0 Å². The van der Waals surface area contributed by atoms with Gasteiger partial charge in [-0.25, -0.2) is 0 Å². The van der Waals surface area contributed by atoms with Gasteiger partial charge in [-0.15, -0.1) is 0 Å². The summed E-state index contributed by atoms with van der Waals surface area (Å²) in [6.45, 7) is 14.5. The first-order chi connectivity index (χ1) is 13.9. The maximum atomic E-state index is 9.53. The summed E-state index contributed by atoms with van der Waals surface area (Å²) in [5, 5.41) is 21.9. The van der Waals surface area contributed by atoms with Crippen LogP contribution in [0, 0.1) is 11.3 Å². The first kappa shape index (κ1) is 28.6. The summed E-state index contributed by atoms with van der Waals surface area (Å²) >= 11 is 0. The maximum Gasteiger partial charge on any atom is 0.272 e. The average Bonchev–Trinajstić information content (AvgIpc) is 2.72. The Kier molecular flexibility index (Phi) is 18.1. The van der Waals surface area contributed by atoms with Crippen LogP contribution in [0.25, 0.3) is 0 Å². The fourth-order valence-corrected chi connectivity index (χ4v) is 3.49. The van der Waals surface area contributed by atoms with Gasteiger partial charge in [0.15, 0.2) is 0 Å². The number of ether oxygens (including phenoxy) is 2. The lowest BCUT2D eigenvalue weighted by Crippen LogP contribution is -2.22. The third kappa shape index (κ3) is 17.0. The molecule has 0 saturated carbocycles. The summed E-state index contributed by atoms with van der Waals surface area (Å²) in [5.41, 5.74) is 0.307. The van der Waals surface area contributed by atoms with Gasteiger partial charge in [-0.3, -0.25) is 5.09 Å². The standard InChI is InChI=1S/C22H46NO5P/c1-6-22(4,7-2)19-26-14-12-16-28-29(5)23-13-10-8-9-11-15-27-21(25)17-20(3)18-24/h17,20,23-25H,6-16,18-19H2,1-5H3/b21-17+. The van der Waals surface area contributed by atoms with Crippen LogP contribution < -0.4 is 5.09 Å². The molecule has 0 spiro atoms. The number of hydrogen-bond acceptors (Lipinski definition) is 6. The van der Waals surface area contributed by atoms with Gasteiger partial charge in [-0.1, -0.05) is 40.5 Å². The van der Waals surface area contributed by atoms with E-state index in [1.807, 2.05) is 6.92 Å². The Morgan fingerprint density at radius 3 is 2.41 bits per heavy atom. The molecule has 0 bridgehead atoms. The van der Waals surface area contributed by atoms with E-state index in [0.29, 0.717) is 12.0 Å². The van der Waals surface area contributed by atoms with E-state index in [1.54, 1.807) is 0 Å². The Morgan fingerprint density at radius 1 is 1.07 bits per heavy atom. The summed E-state index contributed by atoms with van der Waals surface area (Å²) in [4.78, 5) is 0. The van der Waals surface area contributed by atoms with Crippen molar-refractivity contribution in [3.8, 4) is 0 Å². The topological polar surface area (TPSA) is 80.2 Å². The van der Waals surface area contributed by atoms with E-state index in [2.05, 4.69) is 32.5 Å². The van der Waals surface area contributed by atoms with Crippen molar-refractivity contribution in [1.29, 1.82) is 0 Å². The van der Waals surface area contributed by atoms with Gasteiger partial charge < -0.3 is 24.2 Å². The second kappa shape index (κ2) is 18.4. The molecule has 29 heavy (non-hydrogen) atoms. The van der Waals surface area contributed by atoms with Crippen LogP contribution in [0.15, 0.2) is 12.0 Å². The first-order valence-electron chi connectivity index (χ1n) is 11.2. The smallest absolute Gasteiger partial charge is 0.272 e. The lowest BCUT2D eigenvalue weighted by molar-refractivity contribution is 0.0428.